The fourth-order valence-electron chi connectivity index (χ4n) is 6.07. The first-order chi connectivity index (χ1) is 15.0. The summed E-state index contributed by atoms with van der Waals surface area (Å²) in [7, 11) is 0. The Morgan fingerprint density at radius 2 is 1.94 bits per heavy atom. The Hall–Kier alpha value is -2.76. The summed E-state index contributed by atoms with van der Waals surface area (Å²) >= 11 is 6.46. The van der Waals surface area contributed by atoms with Crippen LogP contribution in [0.2, 0.25) is 5.02 Å². The van der Waals surface area contributed by atoms with E-state index in [9.17, 15) is 9.18 Å². The zero-order valence-electron chi connectivity index (χ0n) is 16.6. The van der Waals surface area contributed by atoms with E-state index >= 15 is 0 Å². The molecule has 4 fully saturated rings. The predicted octanol–water partition coefficient (Wildman–Crippen LogP) is 5.58. The van der Waals surface area contributed by atoms with Crippen LogP contribution in [0.15, 0.2) is 67.0 Å². The standard InChI is InChI=1S/C25H20ClFN2O2/c26-19-13-16(5-6-17(19)18-3-1-2-4-20(18)27)29-23(30)25-14-24(10-7-21(25)31-24)22(25)15-8-11-28-12-9-15/h1-6,8-9,11-13,21-22H,7,10,14H2,(H,29,30)/t21-,22-,24+,25+/m1/s1. The second kappa shape index (κ2) is 6.62. The highest BCUT2D eigenvalue weighted by Gasteiger charge is 2.80. The normalized spacial score (nSPS) is 30.1. The Morgan fingerprint density at radius 1 is 1.13 bits per heavy atom. The van der Waals surface area contributed by atoms with Gasteiger partial charge in [0.15, 0.2) is 0 Å². The molecule has 1 spiro atoms. The number of anilines is 1. The summed E-state index contributed by atoms with van der Waals surface area (Å²) in [4.78, 5) is 17.7. The van der Waals surface area contributed by atoms with E-state index in [1.54, 1.807) is 48.8 Å². The minimum Gasteiger partial charge on any atom is -0.370 e. The van der Waals surface area contributed by atoms with E-state index in [0.717, 1.165) is 24.8 Å². The number of aromatic nitrogens is 1. The van der Waals surface area contributed by atoms with E-state index in [1.165, 1.54) is 6.07 Å². The molecule has 4 aliphatic rings. The molecule has 0 unspecified atom stereocenters. The number of pyridine rings is 1. The highest BCUT2D eigenvalue weighted by atomic mass is 35.5. The molecule has 1 aliphatic carbocycles. The third-order valence-corrected chi connectivity index (χ3v) is 7.58. The Morgan fingerprint density at radius 3 is 2.68 bits per heavy atom. The largest absolute Gasteiger partial charge is 0.370 e. The molecule has 3 bridgehead atoms. The van der Waals surface area contributed by atoms with Crippen molar-refractivity contribution in [1.82, 2.24) is 4.98 Å². The van der Waals surface area contributed by atoms with Crippen LogP contribution in [0.5, 0.6) is 0 Å². The molecule has 1 saturated carbocycles. The minimum absolute atomic E-state index is 0.0370. The van der Waals surface area contributed by atoms with Crippen LogP contribution < -0.4 is 5.32 Å². The lowest BCUT2D eigenvalue weighted by atomic mass is 9.45. The maximum atomic E-state index is 14.2. The zero-order valence-corrected chi connectivity index (χ0v) is 17.4. The summed E-state index contributed by atoms with van der Waals surface area (Å²) in [6, 6.07) is 15.7. The number of rotatable bonds is 4. The van der Waals surface area contributed by atoms with Gasteiger partial charge in [0.05, 0.1) is 22.1 Å². The van der Waals surface area contributed by atoms with Gasteiger partial charge in [0.2, 0.25) is 5.91 Å². The van der Waals surface area contributed by atoms with E-state index in [4.69, 9.17) is 16.3 Å². The number of hydrogen-bond acceptors (Lipinski definition) is 3. The van der Waals surface area contributed by atoms with Crippen molar-refractivity contribution < 1.29 is 13.9 Å². The summed E-state index contributed by atoms with van der Waals surface area (Å²) in [5.74, 6) is -0.337. The van der Waals surface area contributed by atoms with Crippen LogP contribution >= 0.6 is 11.6 Å². The number of amides is 1. The van der Waals surface area contributed by atoms with Crippen molar-refractivity contribution >= 4 is 23.2 Å². The van der Waals surface area contributed by atoms with Gasteiger partial charge in [-0.15, -0.1) is 0 Å². The van der Waals surface area contributed by atoms with Crippen LogP contribution in [0.1, 0.15) is 30.7 Å². The third kappa shape index (κ3) is 2.57. The summed E-state index contributed by atoms with van der Waals surface area (Å²) in [6.45, 7) is 0. The first-order valence-electron chi connectivity index (χ1n) is 10.5. The quantitative estimate of drug-likeness (QED) is 0.582. The van der Waals surface area contributed by atoms with Gasteiger partial charge in [0, 0.05) is 35.1 Å². The minimum atomic E-state index is -0.573. The molecular formula is C25H20ClFN2O2. The van der Waals surface area contributed by atoms with Crippen molar-refractivity contribution in [1.29, 1.82) is 0 Å². The molecular weight excluding hydrogens is 415 g/mol. The zero-order chi connectivity index (χ0) is 21.2. The van der Waals surface area contributed by atoms with Crippen LogP contribution in [0.25, 0.3) is 11.1 Å². The number of nitrogens with one attached hydrogen (secondary N) is 1. The van der Waals surface area contributed by atoms with E-state index in [-0.39, 0.29) is 29.3 Å². The smallest absolute Gasteiger partial charge is 0.234 e. The lowest BCUT2D eigenvalue weighted by molar-refractivity contribution is -0.136. The topological polar surface area (TPSA) is 51.2 Å². The number of nitrogens with zero attached hydrogens (tertiary/aromatic N) is 1. The van der Waals surface area contributed by atoms with Gasteiger partial charge < -0.3 is 10.1 Å². The molecule has 1 aromatic heterocycles. The Labute approximate surface area is 184 Å². The second-order valence-corrected chi connectivity index (χ2v) is 9.18. The van der Waals surface area contributed by atoms with Crippen molar-refractivity contribution in [2.75, 3.05) is 5.32 Å². The first-order valence-corrected chi connectivity index (χ1v) is 10.8. The molecule has 3 aromatic rings. The summed E-state index contributed by atoms with van der Waals surface area (Å²) in [5.41, 5.74) is 1.93. The molecule has 3 saturated heterocycles. The fourth-order valence-corrected chi connectivity index (χ4v) is 6.35. The molecule has 156 valence electrons. The molecule has 6 heteroatoms. The highest BCUT2D eigenvalue weighted by molar-refractivity contribution is 6.33. The van der Waals surface area contributed by atoms with Crippen LogP contribution in [-0.4, -0.2) is 22.6 Å². The number of carbonyl (C=O) groups is 1. The van der Waals surface area contributed by atoms with E-state index in [2.05, 4.69) is 10.3 Å². The van der Waals surface area contributed by atoms with E-state index < -0.39 is 5.41 Å². The van der Waals surface area contributed by atoms with Gasteiger partial charge in [-0.3, -0.25) is 9.78 Å². The monoisotopic (exact) mass is 434 g/mol. The average Bonchev–Trinajstić information content (AvgIpc) is 3.42. The molecule has 0 radical (unpaired) electrons. The van der Waals surface area contributed by atoms with Crippen molar-refractivity contribution in [3.8, 4) is 11.1 Å². The summed E-state index contributed by atoms with van der Waals surface area (Å²) in [6.07, 6.45) is 6.10. The fraction of sp³-hybridized carbons (Fsp3) is 0.280. The van der Waals surface area contributed by atoms with Gasteiger partial charge in [-0.05, 0) is 55.2 Å². The maximum absolute atomic E-state index is 14.2. The second-order valence-electron chi connectivity index (χ2n) is 8.77. The third-order valence-electron chi connectivity index (χ3n) is 7.27. The van der Waals surface area contributed by atoms with E-state index in [0.29, 0.717) is 21.8 Å². The molecule has 4 nitrogen and oxygen atoms in total. The van der Waals surface area contributed by atoms with Crippen LogP contribution in [0.4, 0.5) is 10.1 Å². The van der Waals surface area contributed by atoms with Crippen molar-refractivity contribution in [3.63, 3.8) is 0 Å². The van der Waals surface area contributed by atoms with Crippen molar-refractivity contribution in [2.45, 2.75) is 36.9 Å². The Bertz CT molecular complexity index is 1200. The summed E-state index contributed by atoms with van der Waals surface area (Å²) in [5, 5.41) is 3.45. The van der Waals surface area contributed by atoms with Gasteiger partial charge >= 0.3 is 0 Å². The molecule has 4 atom stereocenters. The number of hydrogen-bond donors (Lipinski definition) is 1. The van der Waals surface area contributed by atoms with Crippen LogP contribution in [-0.2, 0) is 9.53 Å². The van der Waals surface area contributed by atoms with Crippen molar-refractivity contribution in [3.05, 3.63) is 83.4 Å². The van der Waals surface area contributed by atoms with Gasteiger partial charge in [0.25, 0.3) is 0 Å². The molecule has 2 aromatic carbocycles. The lowest BCUT2D eigenvalue weighted by Crippen LogP contribution is -2.62. The van der Waals surface area contributed by atoms with E-state index in [1.807, 2.05) is 12.1 Å². The van der Waals surface area contributed by atoms with Crippen LogP contribution in [0.3, 0.4) is 0 Å². The maximum Gasteiger partial charge on any atom is 0.234 e. The summed E-state index contributed by atoms with van der Waals surface area (Å²) < 4.78 is 20.5. The number of ether oxygens (including phenoxy) is 1. The number of benzene rings is 2. The highest BCUT2D eigenvalue weighted by Crippen LogP contribution is 2.76. The van der Waals surface area contributed by atoms with Gasteiger partial charge in [-0.25, -0.2) is 4.39 Å². The molecule has 1 N–H and O–H groups in total. The molecule has 1 amide bonds. The average molecular weight is 435 g/mol. The molecule has 7 rings (SSSR count). The Balaban J connectivity index is 1.30. The predicted molar refractivity (Wildman–Crippen MR) is 116 cm³/mol. The van der Waals surface area contributed by atoms with Crippen molar-refractivity contribution in [2.24, 2.45) is 5.41 Å². The van der Waals surface area contributed by atoms with Gasteiger partial charge in [-0.1, -0.05) is 35.9 Å². The SMILES string of the molecule is O=C(Nc1ccc(-c2ccccc2F)c(Cl)c1)[C@@]12C[C@@]3(CC[C@H]1O3)[C@H]2c1ccncc1. The lowest BCUT2D eigenvalue weighted by Gasteiger charge is -2.55. The number of halogens is 2. The molecule has 31 heavy (non-hydrogen) atoms. The Kier molecular flexibility index (Phi) is 4.05. The molecule has 4 heterocycles. The van der Waals surface area contributed by atoms with Gasteiger partial charge in [0.1, 0.15) is 5.82 Å². The van der Waals surface area contributed by atoms with Gasteiger partial charge in [-0.2, -0.15) is 0 Å². The van der Waals surface area contributed by atoms with Crippen LogP contribution in [0, 0.1) is 11.2 Å². The molecule has 3 aliphatic heterocycles. The number of carbonyl (C=O) groups excluding carboxylic acids is 1. The first kappa shape index (κ1) is 19.0.